The highest BCUT2D eigenvalue weighted by Gasteiger charge is 1.82. The van der Waals surface area contributed by atoms with E-state index in [4.69, 9.17) is 5.11 Å². The average molecular weight is 206 g/mol. The first-order valence-corrected chi connectivity index (χ1v) is 4.95. The Balaban J connectivity index is 2.37. The number of rotatable bonds is 4. The lowest BCUT2D eigenvalue weighted by atomic mass is 10.3. The van der Waals surface area contributed by atoms with Crippen LogP contribution in [0.3, 0.4) is 0 Å². The van der Waals surface area contributed by atoms with Crippen molar-refractivity contribution in [1.82, 2.24) is 0 Å². The maximum Gasteiger partial charge on any atom is 0.328 e. The molecule has 0 spiro atoms. The molecule has 1 heterocycles. The van der Waals surface area contributed by atoms with Crippen molar-refractivity contribution in [3.63, 3.8) is 0 Å². The fraction of sp³-hybridized carbons (Fsp3) is 0. The summed E-state index contributed by atoms with van der Waals surface area (Å²) in [5, 5.41) is 10.3. The number of carboxylic acid groups (broad SMARTS) is 1. The molecule has 0 aromatic carbocycles. The predicted octanol–water partition coefficient (Wildman–Crippen LogP) is 2.96. The van der Waals surface area contributed by atoms with Crippen molar-refractivity contribution in [1.29, 1.82) is 0 Å². The lowest BCUT2D eigenvalue weighted by Crippen LogP contribution is -1.84. The van der Waals surface area contributed by atoms with Gasteiger partial charge >= 0.3 is 5.97 Å². The molecule has 1 N–H and O–H groups in total. The van der Waals surface area contributed by atoms with Crippen LogP contribution >= 0.6 is 11.3 Å². The van der Waals surface area contributed by atoms with Gasteiger partial charge in [-0.2, -0.15) is 0 Å². The minimum absolute atomic E-state index is 0.933. The van der Waals surface area contributed by atoms with Gasteiger partial charge in [0.2, 0.25) is 0 Å². The molecule has 2 nitrogen and oxygen atoms in total. The topological polar surface area (TPSA) is 37.3 Å². The van der Waals surface area contributed by atoms with Gasteiger partial charge in [0.25, 0.3) is 0 Å². The van der Waals surface area contributed by atoms with Gasteiger partial charge in [-0.3, -0.25) is 0 Å². The smallest absolute Gasteiger partial charge is 0.328 e. The quantitative estimate of drug-likeness (QED) is 0.607. The van der Waals surface area contributed by atoms with Crippen LogP contribution in [0.15, 0.2) is 47.9 Å². The third-order valence-electron chi connectivity index (χ3n) is 1.38. The zero-order valence-electron chi connectivity index (χ0n) is 7.46. The van der Waals surface area contributed by atoms with Gasteiger partial charge in [-0.1, -0.05) is 30.4 Å². The van der Waals surface area contributed by atoms with Crippen molar-refractivity contribution in [2.45, 2.75) is 0 Å². The standard InChI is InChI=1S/C11H10O2S/c12-11(13)8-4-2-1-3-6-10-7-5-9-14-10/h1-9H,(H,12,13)/b2-1+,6-3+,8-4+. The van der Waals surface area contributed by atoms with Gasteiger partial charge in [-0.05, 0) is 17.5 Å². The fourth-order valence-corrected chi connectivity index (χ4v) is 1.43. The highest BCUT2D eigenvalue weighted by Crippen LogP contribution is 2.09. The Morgan fingerprint density at radius 1 is 1.29 bits per heavy atom. The molecule has 3 heteroatoms. The lowest BCUT2D eigenvalue weighted by Gasteiger charge is -1.78. The lowest BCUT2D eigenvalue weighted by molar-refractivity contribution is -0.131. The highest BCUT2D eigenvalue weighted by molar-refractivity contribution is 7.10. The Labute approximate surface area is 86.5 Å². The molecule has 72 valence electrons. The Bertz CT molecular complexity index is 359. The van der Waals surface area contributed by atoms with E-state index in [0.29, 0.717) is 0 Å². The number of carbonyl (C=O) groups is 1. The van der Waals surface area contributed by atoms with Gasteiger partial charge in [0.15, 0.2) is 0 Å². The van der Waals surface area contributed by atoms with E-state index in [2.05, 4.69) is 0 Å². The maximum atomic E-state index is 10.1. The second kappa shape index (κ2) is 5.94. The van der Waals surface area contributed by atoms with Crippen LogP contribution < -0.4 is 0 Å². The molecule has 0 amide bonds. The van der Waals surface area contributed by atoms with Gasteiger partial charge in [0, 0.05) is 11.0 Å². The first kappa shape index (κ1) is 10.5. The van der Waals surface area contributed by atoms with Gasteiger partial charge < -0.3 is 5.11 Å². The van der Waals surface area contributed by atoms with Crippen LogP contribution in [-0.4, -0.2) is 11.1 Å². The number of allylic oxidation sites excluding steroid dienone is 4. The fourth-order valence-electron chi connectivity index (χ4n) is 0.803. The molecule has 0 aliphatic rings. The zero-order chi connectivity index (χ0) is 10.2. The molecule has 1 aromatic rings. The molecule has 14 heavy (non-hydrogen) atoms. The van der Waals surface area contributed by atoms with Crippen molar-refractivity contribution in [2.24, 2.45) is 0 Å². The van der Waals surface area contributed by atoms with E-state index in [1.807, 2.05) is 29.7 Å². The molecular formula is C11H10O2S. The molecular weight excluding hydrogens is 196 g/mol. The van der Waals surface area contributed by atoms with Crippen LogP contribution in [0.2, 0.25) is 0 Å². The second-order valence-corrected chi connectivity index (χ2v) is 3.44. The van der Waals surface area contributed by atoms with Crippen LogP contribution in [-0.2, 0) is 4.79 Å². The van der Waals surface area contributed by atoms with Crippen molar-refractivity contribution in [3.05, 3.63) is 52.8 Å². The van der Waals surface area contributed by atoms with Gasteiger partial charge in [-0.15, -0.1) is 11.3 Å². The van der Waals surface area contributed by atoms with Gasteiger partial charge in [0.05, 0.1) is 0 Å². The van der Waals surface area contributed by atoms with E-state index in [0.717, 1.165) is 6.08 Å². The SMILES string of the molecule is O=C(O)/C=C/C=C/C=C/c1cccs1. The van der Waals surface area contributed by atoms with Crippen LogP contribution in [0, 0.1) is 0 Å². The van der Waals surface area contributed by atoms with Crippen molar-refractivity contribution in [2.75, 3.05) is 0 Å². The summed E-state index contributed by atoms with van der Waals surface area (Å²) in [5.74, 6) is -0.933. The second-order valence-electron chi connectivity index (χ2n) is 2.46. The monoisotopic (exact) mass is 206 g/mol. The van der Waals surface area contributed by atoms with Crippen LogP contribution in [0.5, 0.6) is 0 Å². The maximum absolute atomic E-state index is 10.1. The third kappa shape index (κ3) is 4.42. The van der Waals surface area contributed by atoms with E-state index in [-0.39, 0.29) is 0 Å². The molecule has 0 atom stereocenters. The molecule has 0 fully saturated rings. The van der Waals surface area contributed by atoms with E-state index in [1.165, 1.54) is 11.0 Å². The number of hydrogen-bond acceptors (Lipinski definition) is 2. The van der Waals surface area contributed by atoms with Crippen LogP contribution in [0.4, 0.5) is 0 Å². The number of carboxylic acids is 1. The summed E-state index contributed by atoms with van der Waals surface area (Å²) in [6, 6.07) is 4.00. The summed E-state index contributed by atoms with van der Waals surface area (Å²) in [7, 11) is 0. The molecule has 0 saturated carbocycles. The predicted molar refractivity (Wildman–Crippen MR) is 59.3 cm³/mol. The number of hydrogen-bond donors (Lipinski definition) is 1. The van der Waals surface area contributed by atoms with E-state index < -0.39 is 5.97 Å². The first-order valence-electron chi connectivity index (χ1n) is 4.07. The summed E-state index contributed by atoms with van der Waals surface area (Å²) in [5.41, 5.74) is 0. The summed E-state index contributed by atoms with van der Waals surface area (Å²) in [6.07, 6.45) is 9.89. The number of aliphatic carboxylic acids is 1. The molecule has 1 aromatic heterocycles. The molecule has 1 rings (SSSR count). The van der Waals surface area contributed by atoms with Crippen LogP contribution in [0.1, 0.15) is 4.88 Å². The van der Waals surface area contributed by atoms with E-state index >= 15 is 0 Å². The normalized spacial score (nSPS) is 12.0. The summed E-state index contributed by atoms with van der Waals surface area (Å²) in [6.45, 7) is 0. The summed E-state index contributed by atoms with van der Waals surface area (Å²) >= 11 is 1.66. The Morgan fingerprint density at radius 2 is 2.07 bits per heavy atom. The molecule has 0 aliphatic heterocycles. The Hall–Kier alpha value is -1.61. The Morgan fingerprint density at radius 3 is 2.71 bits per heavy atom. The molecule has 0 radical (unpaired) electrons. The molecule has 0 aliphatic carbocycles. The van der Waals surface area contributed by atoms with Crippen molar-refractivity contribution < 1.29 is 9.90 Å². The molecule has 0 bridgehead atoms. The molecule has 0 unspecified atom stereocenters. The van der Waals surface area contributed by atoms with Gasteiger partial charge in [0.1, 0.15) is 0 Å². The first-order chi connectivity index (χ1) is 6.79. The minimum atomic E-state index is -0.933. The molecule has 0 saturated heterocycles. The van der Waals surface area contributed by atoms with Crippen LogP contribution in [0.25, 0.3) is 6.08 Å². The van der Waals surface area contributed by atoms with E-state index in [9.17, 15) is 4.79 Å². The van der Waals surface area contributed by atoms with Crippen molar-refractivity contribution in [3.8, 4) is 0 Å². The third-order valence-corrected chi connectivity index (χ3v) is 2.21. The number of thiophene rings is 1. The minimum Gasteiger partial charge on any atom is -0.478 e. The van der Waals surface area contributed by atoms with Crippen molar-refractivity contribution >= 4 is 23.4 Å². The van der Waals surface area contributed by atoms with Gasteiger partial charge in [-0.25, -0.2) is 4.79 Å². The van der Waals surface area contributed by atoms with E-state index in [1.54, 1.807) is 23.5 Å². The highest BCUT2D eigenvalue weighted by atomic mass is 32.1. The largest absolute Gasteiger partial charge is 0.478 e. The summed E-state index contributed by atoms with van der Waals surface area (Å²) in [4.78, 5) is 11.3. The zero-order valence-corrected chi connectivity index (χ0v) is 8.28. The Kier molecular flexibility index (Phi) is 4.44. The summed E-state index contributed by atoms with van der Waals surface area (Å²) < 4.78 is 0. The average Bonchev–Trinajstić information content (AvgIpc) is 2.63.